The van der Waals surface area contributed by atoms with Gasteiger partial charge in [-0.15, -0.1) is 11.3 Å². The maximum Gasteiger partial charge on any atom is 0.134 e. The summed E-state index contributed by atoms with van der Waals surface area (Å²) in [6, 6.07) is 8.49. The zero-order valence-electron chi connectivity index (χ0n) is 18.3. The Hall–Kier alpha value is -2.69. The number of anilines is 1. The average molecular weight is 501 g/mol. The van der Waals surface area contributed by atoms with Crippen LogP contribution in [-0.4, -0.2) is 51.5 Å². The number of rotatable bonds is 5. The number of thiazole rings is 1. The maximum atomic E-state index is 15.1. The van der Waals surface area contributed by atoms with E-state index in [2.05, 4.69) is 19.9 Å². The first-order valence-electron chi connectivity index (χ1n) is 10.8. The van der Waals surface area contributed by atoms with Crippen LogP contribution < -0.4 is 4.90 Å². The molecule has 0 spiro atoms. The van der Waals surface area contributed by atoms with Crippen molar-refractivity contribution >= 4 is 39.5 Å². The molecule has 1 fully saturated rings. The molecule has 2 N–H and O–H groups in total. The van der Waals surface area contributed by atoms with Gasteiger partial charge in [-0.1, -0.05) is 11.6 Å². The zero-order valence-corrected chi connectivity index (χ0v) is 19.9. The molecule has 2 unspecified atom stereocenters. The summed E-state index contributed by atoms with van der Waals surface area (Å²) in [5, 5.41) is 23.5. The van der Waals surface area contributed by atoms with Crippen LogP contribution in [0.25, 0.3) is 22.2 Å². The van der Waals surface area contributed by atoms with Crippen LogP contribution in [0.4, 0.5) is 10.1 Å². The van der Waals surface area contributed by atoms with Gasteiger partial charge in [-0.05, 0) is 37.3 Å². The minimum Gasteiger partial charge on any atom is -0.387 e. The number of morpholine rings is 1. The SMILES string of the molecule is CC(O)c1csc(C(O)c2cc(-c3ncnc4cc(N5CCOCC5)ccc34)c(F)cc2Cl)n1. The smallest absolute Gasteiger partial charge is 0.134 e. The Morgan fingerprint density at radius 1 is 1.15 bits per heavy atom. The van der Waals surface area contributed by atoms with E-state index in [1.165, 1.54) is 29.8 Å². The largest absolute Gasteiger partial charge is 0.387 e. The number of fused-ring (bicyclic) bond motifs is 1. The summed E-state index contributed by atoms with van der Waals surface area (Å²) >= 11 is 7.51. The van der Waals surface area contributed by atoms with Crippen molar-refractivity contribution in [3.8, 4) is 11.3 Å². The number of hydrogen-bond donors (Lipinski definition) is 2. The maximum absolute atomic E-state index is 15.1. The Morgan fingerprint density at radius 2 is 1.94 bits per heavy atom. The number of aliphatic hydroxyl groups excluding tert-OH is 2. The molecule has 5 rings (SSSR count). The van der Waals surface area contributed by atoms with Crippen LogP contribution in [0.2, 0.25) is 5.02 Å². The Kier molecular flexibility index (Phi) is 6.46. The van der Waals surface area contributed by atoms with Gasteiger partial charge in [-0.25, -0.2) is 19.3 Å². The highest BCUT2D eigenvalue weighted by Gasteiger charge is 2.23. The molecule has 1 aliphatic heterocycles. The van der Waals surface area contributed by atoms with Gasteiger partial charge in [0.1, 0.15) is 23.3 Å². The van der Waals surface area contributed by atoms with Crippen LogP contribution in [-0.2, 0) is 4.74 Å². The van der Waals surface area contributed by atoms with Crippen molar-refractivity contribution in [2.24, 2.45) is 0 Å². The number of ether oxygens (including phenoxy) is 1. The second-order valence-electron chi connectivity index (χ2n) is 8.07. The third-order valence-electron chi connectivity index (χ3n) is 5.83. The molecule has 10 heteroatoms. The topological polar surface area (TPSA) is 91.6 Å². The number of halogens is 2. The normalized spacial score (nSPS) is 16.1. The van der Waals surface area contributed by atoms with E-state index in [9.17, 15) is 10.2 Å². The Balaban J connectivity index is 1.56. The monoisotopic (exact) mass is 500 g/mol. The van der Waals surface area contributed by atoms with Gasteiger partial charge in [0.05, 0.1) is 36.2 Å². The predicted molar refractivity (Wildman–Crippen MR) is 130 cm³/mol. The highest BCUT2D eigenvalue weighted by Crippen LogP contribution is 2.37. The standard InChI is InChI=1S/C24H22ClFN4O3S/c1-13(31)21-11-34-24(29-21)23(32)16-9-17(19(26)10-18(16)25)22-15-3-2-14(8-20(15)27-12-28-22)30-4-6-33-7-5-30/h2-3,8-13,23,31-32H,4-7H2,1H3. The molecule has 34 heavy (non-hydrogen) atoms. The van der Waals surface area contributed by atoms with Crippen molar-refractivity contribution in [2.75, 3.05) is 31.2 Å². The lowest BCUT2D eigenvalue weighted by Crippen LogP contribution is -2.36. The van der Waals surface area contributed by atoms with Gasteiger partial charge in [-0.3, -0.25) is 0 Å². The highest BCUT2D eigenvalue weighted by atomic mass is 35.5. The fourth-order valence-corrected chi connectivity index (χ4v) is 5.15. The summed E-state index contributed by atoms with van der Waals surface area (Å²) in [6.45, 7) is 4.53. The zero-order chi connectivity index (χ0) is 23.8. The van der Waals surface area contributed by atoms with Gasteiger partial charge >= 0.3 is 0 Å². The van der Waals surface area contributed by atoms with Gasteiger partial charge < -0.3 is 19.8 Å². The van der Waals surface area contributed by atoms with Crippen molar-refractivity contribution in [1.82, 2.24) is 15.0 Å². The molecule has 0 amide bonds. The number of aliphatic hydroxyl groups is 2. The fraction of sp³-hybridized carbons (Fsp3) is 0.292. The van der Waals surface area contributed by atoms with E-state index in [-0.39, 0.29) is 10.6 Å². The van der Waals surface area contributed by atoms with Crippen molar-refractivity contribution in [3.63, 3.8) is 0 Å². The quantitative estimate of drug-likeness (QED) is 0.416. The van der Waals surface area contributed by atoms with E-state index < -0.39 is 18.0 Å². The van der Waals surface area contributed by atoms with Crippen LogP contribution in [0.1, 0.15) is 35.4 Å². The number of hydrogen-bond acceptors (Lipinski definition) is 8. The number of nitrogens with zero attached hydrogens (tertiary/aromatic N) is 4. The van der Waals surface area contributed by atoms with E-state index >= 15 is 4.39 Å². The molecule has 2 atom stereocenters. The van der Waals surface area contributed by atoms with E-state index in [4.69, 9.17) is 16.3 Å². The summed E-state index contributed by atoms with van der Waals surface area (Å²) < 4.78 is 20.5. The van der Waals surface area contributed by atoms with Crippen LogP contribution in [0.15, 0.2) is 42.0 Å². The number of benzene rings is 2. The molecule has 2 aromatic heterocycles. The van der Waals surface area contributed by atoms with Crippen molar-refractivity contribution in [2.45, 2.75) is 19.1 Å². The van der Waals surface area contributed by atoms with Crippen molar-refractivity contribution in [3.05, 3.63) is 69.1 Å². The van der Waals surface area contributed by atoms with Gasteiger partial charge in [0.2, 0.25) is 0 Å². The molecular formula is C24H22ClFN4O3S. The molecule has 1 aliphatic rings. The lowest BCUT2D eigenvalue weighted by molar-refractivity contribution is 0.122. The summed E-state index contributed by atoms with van der Waals surface area (Å²) in [7, 11) is 0. The first-order chi connectivity index (χ1) is 16.4. The highest BCUT2D eigenvalue weighted by molar-refractivity contribution is 7.09. The summed E-state index contributed by atoms with van der Waals surface area (Å²) in [5.74, 6) is -0.554. The van der Waals surface area contributed by atoms with Crippen LogP contribution >= 0.6 is 22.9 Å². The third kappa shape index (κ3) is 4.37. The molecule has 7 nitrogen and oxygen atoms in total. The number of aromatic nitrogens is 3. The lowest BCUT2D eigenvalue weighted by Gasteiger charge is -2.29. The molecule has 0 bridgehead atoms. The van der Waals surface area contributed by atoms with Gasteiger partial charge in [0.15, 0.2) is 0 Å². The molecule has 3 heterocycles. The second kappa shape index (κ2) is 9.52. The van der Waals surface area contributed by atoms with E-state index in [0.717, 1.165) is 18.8 Å². The van der Waals surface area contributed by atoms with E-state index in [1.807, 2.05) is 18.2 Å². The van der Waals surface area contributed by atoms with Gasteiger partial charge in [0.25, 0.3) is 0 Å². The van der Waals surface area contributed by atoms with Crippen LogP contribution in [0.3, 0.4) is 0 Å². The Bertz CT molecular complexity index is 1340. The molecule has 1 saturated heterocycles. The predicted octanol–water partition coefficient (Wildman–Crippen LogP) is 4.52. The molecule has 4 aromatic rings. The molecule has 176 valence electrons. The lowest BCUT2D eigenvalue weighted by atomic mass is 10.0. The molecular weight excluding hydrogens is 479 g/mol. The van der Waals surface area contributed by atoms with Crippen molar-refractivity contribution < 1.29 is 19.3 Å². The fourth-order valence-electron chi connectivity index (χ4n) is 3.99. The average Bonchev–Trinajstić information content (AvgIpc) is 3.35. The summed E-state index contributed by atoms with van der Waals surface area (Å²) in [5.41, 5.74) is 3.08. The second-order valence-corrected chi connectivity index (χ2v) is 9.36. The Labute approximate surface area is 204 Å². The first-order valence-corrected chi connectivity index (χ1v) is 12.1. The summed E-state index contributed by atoms with van der Waals surface area (Å²) in [4.78, 5) is 15.3. The van der Waals surface area contributed by atoms with Crippen molar-refractivity contribution in [1.29, 1.82) is 0 Å². The minimum atomic E-state index is -1.18. The van der Waals surface area contributed by atoms with Crippen LogP contribution in [0, 0.1) is 5.82 Å². The van der Waals surface area contributed by atoms with E-state index in [0.29, 0.717) is 46.1 Å². The van der Waals surface area contributed by atoms with E-state index in [1.54, 1.807) is 12.3 Å². The molecule has 0 radical (unpaired) electrons. The molecule has 2 aromatic carbocycles. The molecule has 0 saturated carbocycles. The van der Waals surface area contributed by atoms with Gasteiger partial charge in [-0.2, -0.15) is 0 Å². The Morgan fingerprint density at radius 3 is 2.68 bits per heavy atom. The van der Waals surface area contributed by atoms with Crippen LogP contribution in [0.5, 0.6) is 0 Å². The molecule has 0 aliphatic carbocycles. The first kappa shape index (κ1) is 23.1. The minimum absolute atomic E-state index is 0.0792. The van der Waals surface area contributed by atoms with Gasteiger partial charge in [0, 0.05) is 45.7 Å². The summed E-state index contributed by atoms with van der Waals surface area (Å²) in [6.07, 6.45) is -0.530. The third-order valence-corrected chi connectivity index (χ3v) is 7.08.